The van der Waals surface area contributed by atoms with E-state index in [1.165, 1.54) is 57.5 Å². The summed E-state index contributed by atoms with van der Waals surface area (Å²) >= 11 is 0. The molecule has 0 amide bonds. The Morgan fingerprint density at radius 2 is 1.38 bits per heavy atom. The number of nitrogens with two attached hydrogens (primary N) is 2. The van der Waals surface area contributed by atoms with Crippen molar-refractivity contribution in [3.8, 4) is 0 Å². The SMILES string of the molecule is CCO[Si](OCC)(OCC)C(CCCN1CCC[Si]1(OCC)OCC)CCC(CCC1(CN)CCCC(CN)C1)[Si]1(OCC)CCCN1[Si](C)(C)C. The number of hydrogen-bond acceptors (Lipinski definition) is 10. The fraction of sp³-hybridized carbons (Fsp3) is 1.00. The van der Waals surface area contributed by atoms with Crippen molar-refractivity contribution < 1.29 is 26.6 Å². The van der Waals surface area contributed by atoms with Crippen LogP contribution < -0.4 is 11.5 Å². The van der Waals surface area contributed by atoms with Crippen LogP contribution in [0.2, 0.25) is 42.8 Å². The molecule has 0 aromatic rings. The lowest BCUT2D eigenvalue weighted by atomic mass is 9.67. The first-order valence-corrected chi connectivity index (χ1v) is 31.1. The Labute approximate surface area is 325 Å². The van der Waals surface area contributed by atoms with E-state index in [2.05, 4.69) is 70.0 Å². The highest BCUT2D eigenvalue weighted by molar-refractivity contribution is 6.89. The molecule has 1 aliphatic carbocycles. The molecule has 3 fully saturated rings. The van der Waals surface area contributed by atoms with E-state index >= 15 is 0 Å². The van der Waals surface area contributed by atoms with Gasteiger partial charge in [-0.3, -0.25) is 4.57 Å². The van der Waals surface area contributed by atoms with E-state index < -0.39 is 34.2 Å². The topological polar surface area (TPSA) is 114 Å². The van der Waals surface area contributed by atoms with Gasteiger partial charge in [-0.15, -0.1) is 0 Å². The molecule has 2 heterocycles. The van der Waals surface area contributed by atoms with Crippen LogP contribution in [0.15, 0.2) is 0 Å². The molecule has 5 atom stereocenters. The lowest BCUT2D eigenvalue weighted by Gasteiger charge is -2.49. The Hall–Kier alpha value is 0.468. The third-order valence-electron chi connectivity index (χ3n) is 12.6. The molecule has 3 aliphatic rings. The third-order valence-corrected chi connectivity index (χ3v) is 29.9. The van der Waals surface area contributed by atoms with Gasteiger partial charge in [0.15, 0.2) is 0 Å². The summed E-state index contributed by atoms with van der Waals surface area (Å²) in [4.78, 5) is 0. The molecule has 2 saturated heterocycles. The molecule has 1 saturated carbocycles. The van der Waals surface area contributed by atoms with Crippen molar-refractivity contribution >= 4 is 34.2 Å². The normalized spacial score (nSPS) is 27.4. The fourth-order valence-corrected chi connectivity index (χ4v) is 28.3. The Morgan fingerprint density at radius 1 is 0.750 bits per heavy atom. The van der Waals surface area contributed by atoms with E-state index in [-0.39, 0.29) is 11.0 Å². The monoisotopic (exact) mass is 805 g/mol. The zero-order chi connectivity index (χ0) is 38.3. The molecule has 2 aliphatic heterocycles. The molecular formula is C38H84N4O6Si4. The molecular weight excluding hydrogens is 721 g/mol. The average molecular weight is 805 g/mol. The molecule has 52 heavy (non-hydrogen) atoms. The van der Waals surface area contributed by atoms with Crippen LogP contribution in [0.3, 0.4) is 0 Å². The highest BCUT2D eigenvalue weighted by Gasteiger charge is 2.57. The summed E-state index contributed by atoms with van der Waals surface area (Å²) < 4.78 is 45.9. The van der Waals surface area contributed by atoms with Gasteiger partial charge in [0.25, 0.3) is 8.48 Å². The van der Waals surface area contributed by atoms with Crippen molar-refractivity contribution in [2.45, 2.75) is 161 Å². The highest BCUT2D eigenvalue weighted by Crippen LogP contribution is 2.50. The van der Waals surface area contributed by atoms with E-state index in [0.29, 0.717) is 44.5 Å². The lowest BCUT2D eigenvalue weighted by Crippen LogP contribution is -2.64. The van der Waals surface area contributed by atoms with Gasteiger partial charge < -0.3 is 42.3 Å². The fourth-order valence-electron chi connectivity index (χ4n) is 10.5. The quantitative estimate of drug-likeness (QED) is 0.0794. The summed E-state index contributed by atoms with van der Waals surface area (Å²) in [6.07, 6.45) is 13.9. The smallest absolute Gasteiger partial charge is 0.403 e. The summed E-state index contributed by atoms with van der Waals surface area (Å²) in [7, 11) is -9.24. The maximum Gasteiger partial charge on any atom is 0.504 e. The van der Waals surface area contributed by atoms with Crippen molar-refractivity contribution in [1.82, 2.24) is 8.80 Å². The minimum atomic E-state index is -3.00. The van der Waals surface area contributed by atoms with Gasteiger partial charge in [0.2, 0.25) is 0 Å². The number of rotatable bonds is 27. The molecule has 0 bridgehead atoms. The van der Waals surface area contributed by atoms with Crippen molar-refractivity contribution in [3.05, 3.63) is 0 Å². The molecule has 0 aromatic carbocycles. The maximum absolute atomic E-state index is 7.25. The molecule has 5 unspecified atom stereocenters. The number of hydrogen-bond donors (Lipinski definition) is 2. The van der Waals surface area contributed by atoms with Gasteiger partial charge in [0.1, 0.15) is 8.24 Å². The molecule has 0 aromatic heterocycles. The van der Waals surface area contributed by atoms with Crippen molar-refractivity contribution in [1.29, 1.82) is 0 Å². The Bertz CT molecular complexity index is 979. The van der Waals surface area contributed by atoms with Crippen LogP contribution in [-0.2, 0) is 26.6 Å². The summed E-state index contributed by atoms with van der Waals surface area (Å²) in [5.41, 5.74) is 13.9. The summed E-state index contributed by atoms with van der Waals surface area (Å²) in [6.45, 7) is 29.2. The molecule has 308 valence electrons. The first-order chi connectivity index (χ1) is 24.9. The van der Waals surface area contributed by atoms with Gasteiger partial charge in [-0.05, 0) is 168 Å². The van der Waals surface area contributed by atoms with Crippen molar-refractivity contribution in [2.75, 3.05) is 72.4 Å². The average Bonchev–Trinajstić information content (AvgIpc) is 3.73. The Morgan fingerprint density at radius 3 is 1.94 bits per heavy atom. The third kappa shape index (κ3) is 11.8. The second-order valence-electron chi connectivity index (χ2n) is 16.8. The van der Waals surface area contributed by atoms with Crippen molar-refractivity contribution in [3.63, 3.8) is 0 Å². The zero-order valence-electron chi connectivity index (χ0n) is 35.4. The van der Waals surface area contributed by atoms with Gasteiger partial charge in [0.05, 0.1) is 0 Å². The molecule has 3 rings (SSSR count). The minimum Gasteiger partial charge on any atom is -0.403 e. The van der Waals surface area contributed by atoms with Crippen LogP contribution in [0.5, 0.6) is 0 Å². The van der Waals surface area contributed by atoms with Crippen LogP contribution in [0.25, 0.3) is 0 Å². The Kier molecular flexibility index (Phi) is 20.2. The minimum absolute atomic E-state index is 0.193. The van der Waals surface area contributed by atoms with E-state index in [1.807, 2.05) is 0 Å². The van der Waals surface area contributed by atoms with Crippen LogP contribution in [0.4, 0.5) is 0 Å². The molecule has 0 spiro atoms. The van der Waals surface area contributed by atoms with Gasteiger partial charge in [-0.1, -0.05) is 26.1 Å². The predicted molar refractivity (Wildman–Crippen MR) is 225 cm³/mol. The summed E-state index contributed by atoms with van der Waals surface area (Å²) in [6, 6.07) is 2.30. The molecule has 14 heteroatoms. The predicted octanol–water partition coefficient (Wildman–Crippen LogP) is 7.95. The lowest BCUT2D eigenvalue weighted by molar-refractivity contribution is 0.0574. The first kappa shape index (κ1) is 46.8. The van der Waals surface area contributed by atoms with Crippen LogP contribution in [0, 0.1) is 11.3 Å². The highest BCUT2D eigenvalue weighted by atomic mass is 28.4. The van der Waals surface area contributed by atoms with Crippen LogP contribution in [-0.4, -0.2) is 115 Å². The van der Waals surface area contributed by atoms with E-state index in [4.69, 9.17) is 38.0 Å². The molecule has 10 nitrogen and oxygen atoms in total. The largest absolute Gasteiger partial charge is 0.504 e. The molecule has 4 N–H and O–H groups in total. The van der Waals surface area contributed by atoms with Gasteiger partial charge in [-0.2, -0.15) is 0 Å². The van der Waals surface area contributed by atoms with E-state index in [1.54, 1.807) is 0 Å². The first-order valence-electron chi connectivity index (χ1n) is 21.7. The van der Waals surface area contributed by atoms with E-state index in [0.717, 1.165) is 70.9 Å². The van der Waals surface area contributed by atoms with Crippen LogP contribution >= 0.6 is 0 Å². The standard InChI is InChI=1S/C38H84N4O6Si4/c1-10-43-50(30-19-29-42(50)49(7,8)9)36(24-26-38(34-40)25-16-20-35(32-38)33-39)22-23-37(52(46-13-4,47-14-5)48-15-6)21-17-27-41-28-18-31-51(41,44-11-2)45-12-3/h35-37H,10-34,39-40H2,1-9H3. The zero-order valence-corrected chi connectivity index (χ0v) is 39.4. The van der Waals surface area contributed by atoms with Crippen molar-refractivity contribution in [2.24, 2.45) is 22.8 Å². The van der Waals surface area contributed by atoms with E-state index in [9.17, 15) is 0 Å². The Balaban J connectivity index is 1.98. The van der Waals surface area contributed by atoms with Gasteiger partial charge in [-0.25, -0.2) is 0 Å². The maximum atomic E-state index is 7.25. The van der Waals surface area contributed by atoms with Crippen LogP contribution in [0.1, 0.15) is 119 Å². The molecule has 0 radical (unpaired) electrons. The summed E-state index contributed by atoms with van der Waals surface area (Å²) in [5.74, 6) is 0.598. The second kappa shape index (κ2) is 22.4. The second-order valence-corrected chi connectivity index (χ2v) is 32.0. The van der Waals surface area contributed by atoms with Gasteiger partial charge >= 0.3 is 17.5 Å². The number of nitrogens with zero attached hydrogens (tertiary/aromatic N) is 2. The van der Waals surface area contributed by atoms with Gasteiger partial charge in [0, 0.05) is 51.2 Å². The summed E-state index contributed by atoms with van der Waals surface area (Å²) in [5, 5.41) is 0.